The van der Waals surface area contributed by atoms with Gasteiger partial charge in [0.25, 0.3) is 5.91 Å². The van der Waals surface area contributed by atoms with Gasteiger partial charge < -0.3 is 24.4 Å². The molecule has 3 aliphatic rings. The molecule has 1 aromatic carbocycles. The van der Waals surface area contributed by atoms with E-state index in [1.54, 1.807) is 6.33 Å². The number of hydrogen-bond donors (Lipinski definition) is 1. The molecule has 3 aliphatic heterocycles. The van der Waals surface area contributed by atoms with Crippen LogP contribution in [0, 0.1) is 11.3 Å². The molecule has 5 heterocycles. The lowest BCUT2D eigenvalue weighted by Crippen LogP contribution is -2.55. The van der Waals surface area contributed by atoms with E-state index in [2.05, 4.69) is 44.4 Å². The van der Waals surface area contributed by atoms with Crippen molar-refractivity contribution in [2.75, 3.05) is 44.7 Å². The summed E-state index contributed by atoms with van der Waals surface area (Å²) >= 11 is 6.62. The highest BCUT2D eigenvalue weighted by Gasteiger charge is 2.36. The molecular formula is C29H33ClFN9O2. The lowest BCUT2D eigenvalue weighted by Gasteiger charge is -2.41. The zero-order chi connectivity index (χ0) is 29.4. The molecule has 0 aliphatic carbocycles. The Morgan fingerprint density at radius 1 is 1.26 bits per heavy atom. The van der Waals surface area contributed by atoms with Crippen molar-refractivity contribution in [3.63, 3.8) is 0 Å². The fraction of sp³-hybridized carbons (Fsp3) is 0.483. The van der Waals surface area contributed by atoms with Gasteiger partial charge in [0, 0.05) is 61.5 Å². The number of H-pyrrole nitrogens is 1. The highest BCUT2D eigenvalue weighted by Crippen LogP contribution is 2.35. The second kappa shape index (κ2) is 11.8. The molecule has 2 atom stereocenters. The number of ether oxygens (including phenoxy) is 1. The first-order chi connectivity index (χ1) is 20.3. The Kier molecular flexibility index (Phi) is 7.98. The molecule has 42 heavy (non-hydrogen) atoms. The Bertz CT molecular complexity index is 1560. The minimum absolute atomic E-state index is 0.0679. The summed E-state index contributed by atoms with van der Waals surface area (Å²) in [5.74, 6) is -1.08. The van der Waals surface area contributed by atoms with Gasteiger partial charge in [-0.3, -0.25) is 9.69 Å². The van der Waals surface area contributed by atoms with Gasteiger partial charge in [0.05, 0.1) is 41.6 Å². The van der Waals surface area contributed by atoms with E-state index >= 15 is 0 Å². The number of nitriles is 1. The lowest BCUT2D eigenvalue weighted by molar-refractivity contribution is -0.131. The van der Waals surface area contributed by atoms with Gasteiger partial charge in [0.2, 0.25) is 0 Å². The Hall–Kier alpha value is -3.79. The standard InChI is InChI=1S/C29H33ClFN9O2/c1-18(31)28(41)40-11-10-39(12-19(40)7-8-32)27-22-14-38(13-21-23(30)5-6-24-26(21)34-17-33-24)15-25(22)35-29(36-27)42-16-20-4-3-9-37(20)2/h5-6,17,19-20H,1,3-4,7,9-16H2,2H3,(H,33,34)/t19-,20-/m0/s1. The number of anilines is 1. The molecule has 1 amide bonds. The molecule has 0 spiro atoms. The zero-order valence-corrected chi connectivity index (χ0v) is 24.3. The number of fused-ring (bicyclic) bond motifs is 2. The smallest absolute Gasteiger partial charge is 0.318 e. The maximum absolute atomic E-state index is 13.8. The number of hydrogen-bond acceptors (Lipinski definition) is 9. The summed E-state index contributed by atoms with van der Waals surface area (Å²) < 4.78 is 19.9. The summed E-state index contributed by atoms with van der Waals surface area (Å²) in [5, 5.41) is 10.1. The van der Waals surface area contributed by atoms with Crippen molar-refractivity contribution in [1.82, 2.24) is 34.6 Å². The van der Waals surface area contributed by atoms with Crippen molar-refractivity contribution >= 4 is 34.4 Å². The molecule has 1 N–H and O–H groups in total. The largest absolute Gasteiger partial charge is 0.462 e. The van der Waals surface area contributed by atoms with Crippen LogP contribution in [0.15, 0.2) is 30.9 Å². The number of rotatable bonds is 8. The van der Waals surface area contributed by atoms with Gasteiger partial charge in [0.15, 0.2) is 5.83 Å². The minimum Gasteiger partial charge on any atom is -0.462 e. The Balaban J connectivity index is 1.29. The van der Waals surface area contributed by atoms with Gasteiger partial charge >= 0.3 is 6.01 Å². The predicted molar refractivity (Wildman–Crippen MR) is 155 cm³/mol. The molecule has 13 heteroatoms. The molecular weight excluding hydrogens is 561 g/mol. The van der Waals surface area contributed by atoms with E-state index in [0.717, 1.165) is 53.1 Å². The number of piperazine rings is 1. The molecule has 11 nitrogen and oxygen atoms in total. The molecule has 220 valence electrons. The molecule has 2 fully saturated rings. The van der Waals surface area contributed by atoms with Crippen molar-refractivity contribution in [3.8, 4) is 12.1 Å². The number of likely N-dealkylation sites (tertiary alicyclic amines) is 1. The molecule has 0 saturated carbocycles. The lowest BCUT2D eigenvalue weighted by atomic mass is 10.1. The SMILES string of the molecule is C=C(F)C(=O)N1CCN(c2nc(OC[C@@H]3CCCN3C)nc3c2CN(Cc2c(Cl)ccc4[nH]cnc24)C3)C[C@@H]1CC#N. The number of likely N-dealkylation sites (N-methyl/N-ethyl adjacent to an activating group) is 1. The maximum atomic E-state index is 13.8. The highest BCUT2D eigenvalue weighted by atomic mass is 35.5. The zero-order valence-electron chi connectivity index (χ0n) is 23.5. The number of imidazole rings is 1. The van der Waals surface area contributed by atoms with Gasteiger partial charge in [-0.25, -0.2) is 9.37 Å². The Morgan fingerprint density at radius 2 is 2.12 bits per heavy atom. The topological polar surface area (TPSA) is 118 Å². The van der Waals surface area contributed by atoms with Crippen molar-refractivity contribution in [2.45, 2.75) is 51.0 Å². The first-order valence-electron chi connectivity index (χ1n) is 14.1. The van der Waals surface area contributed by atoms with Crippen LogP contribution in [0.25, 0.3) is 11.0 Å². The average molecular weight is 594 g/mol. The fourth-order valence-corrected chi connectivity index (χ4v) is 6.46. The third-order valence-corrected chi connectivity index (χ3v) is 8.86. The predicted octanol–water partition coefficient (Wildman–Crippen LogP) is 3.41. The summed E-state index contributed by atoms with van der Waals surface area (Å²) in [4.78, 5) is 37.8. The van der Waals surface area contributed by atoms with Gasteiger partial charge in [0.1, 0.15) is 12.4 Å². The van der Waals surface area contributed by atoms with Crippen LogP contribution < -0.4 is 9.64 Å². The first-order valence-corrected chi connectivity index (χ1v) is 14.5. The van der Waals surface area contributed by atoms with Crippen LogP contribution in [0.1, 0.15) is 36.1 Å². The first kappa shape index (κ1) is 28.3. The van der Waals surface area contributed by atoms with E-state index in [4.69, 9.17) is 26.3 Å². The number of carbonyl (C=O) groups is 1. The van der Waals surface area contributed by atoms with E-state index in [0.29, 0.717) is 56.4 Å². The normalized spacial score (nSPS) is 21.1. The van der Waals surface area contributed by atoms with Crippen molar-refractivity contribution in [1.29, 1.82) is 5.26 Å². The van der Waals surface area contributed by atoms with E-state index in [9.17, 15) is 14.4 Å². The van der Waals surface area contributed by atoms with Crippen LogP contribution in [-0.2, 0) is 24.4 Å². The molecule has 0 radical (unpaired) electrons. The number of aromatic amines is 1. The van der Waals surface area contributed by atoms with E-state index in [-0.39, 0.29) is 13.0 Å². The monoisotopic (exact) mass is 593 g/mol. The highest BCUT2D eigenvalue weighted by molar-refractivity contribution is 6.32. The number of benzene rings is 1. The van der Waals surface area contributed by atoms with Gasteiger partial charge in [-0.15, -0.1) is 0 Å². The molecule has 0 bridgehead atoms. The van der Waals surface area contributed by atoms with Gasteiger partial charge in [-0.1, -0.05) is 18.2 Å². The van der Waals surface area contributed by atoms with Crippen LogP contribution in [0.5, 0.6) is 6.01 Å². The number of aromatic nitrogens is 4. The van der Waals surface area contributed by atoms with E-state index in [1.165, 1.54) is 4.90 Å². The number of carbonyl (C=O) groups excluding carboxylic acids is 1. The average Bonchev–Trinajstić information content (AvgIpc) is 3.72. The van der Waals surface area contributed by atoms with Crippen molar-refractivity contribution < 1.29 is 13.9 Å². The van der Waals surface area contributed by atoms with E-state index in [1.807, 2.05) is 12.1 Å². The molecule has 2 saturated heterocycles. The number of nitrogens with one attached hydrogen (secondary N) is 1. The quantitative estimate of drug-likeness (QED) is 0.392. The van der Waals surface area contributed by atoms with Gasteiger partial charge in [-0.05, 0) is 38.6 Å². The van der Waals surface area contributed by atoms with Crippen LogP contribution >= 0.6 is 11.6 Å². The summed E-state index contributed by atoms with van der Waals surface area (Å²) in [6.07, 6.45) is 3.93. The van der Waals surface area contributed by atoms with Crippen LogP contribution in [0.2, 0.25) is 5.02 Å². The molecule has 6 rings (SSSR count). The summed E-state index contributed by atoms with van der Waals surface area (Å²) in [7, 11) is 2.10. The van der Waals surface area contributed by atoms with Crippen molar-refractivity contribution in [2.24, 2.45) is 0 Å². The second-order valence-corrected chi connectivity index (χ2v) is 11.6. The van der Waals surface area contributed by atoms with Crippen LogP contribution in [0.3, 0.4) is 0 Å². The fourth-order valence-electron chi connectivity index (χ4n) is 6.24. The van der Waals surface area contributed by atoms with Crippen LogP contribution in [0.4, 0.5) is 10.2 Å². The Labute approximate surface area is 248 Å². The Morgan fingerprint density at radius 3 is 2.88 bits per heavy atom. The van der Waals surface area contributed by atoms with E-state index < -0.39 is 17.8 Å². The summed E-state index contributed by atoms with van der Waals surface area (Å²) in [6.45, 7) is 7.42. The number of halogens is 2. The summed E-state index contributed by atoms with van der Waals surface area (Å²) in [5.41, 5.74) is 4.53. The van der Waals surface area contributed by atoms with Gasteiger partial charge in [-0.2, -0.15) is 15.2 Å². The number of nitrogens with zero attached hydrogens (tertiary/aromatic N) is 8. The third kappa shape index (κ3) is 5.52. The van der Waals surface area contributed by atoms with Crippen molar-refractivity contribution in [3.05, 3.63) is 52.7 Å². The van der Waals surface area contributed by atoms with Crippen LogP contribution in [-0.4, -0.2) is 92.5 Å². The third-order valence-electron chi connectivity index (χ3n) is 8.50. The minimum atomic E-state index is -1.02. The maximum Gasteiger partial charge on any atom is 0.318 e. The molecule has 0 unspecified atom stereocenters. The molecule has 2 aromatic heterocycles. The molecule has 3 aromatic rings. The summed E-state index contributed by atoms with van der Waals surface area (Å²) in [6, 6.07) is 6.05. The number of amides is 1. The second-order valence-electron chi connectivity index (χ2n) is 11.2.